The molecule has 3 aromatic heterocycles. The fraction of sp³-hybridized carbons (Fsp3) is 0.389. The molecule has 3 aromatic rings. The third-order valence-corrected chi connectivity index (χ3v) is 5.25. The van der Waals surface area contributed by atoms with E-state index in [1.807, 2.05) is 41.1 Å². The van der Waals surface area contributed by atoms with Crippen molar-refractivity contribution in [3.05, 3.63) is 36.9 Å². The molecule has 6 heteroatoms. The van der Waals surface area contributed by atoms with Crippen molar-refractivity contribution < 1.29 is 4.79 Å². The molecule has 0 N–H and O–H groups in total. The molecule has 5 rings (SSSR count). The number of carbonyl (C=O) groups is 1. The van der Waals surface area contributed by atoms with Crippen molar-refractivity contribution in [1.82, 2.24) is 19.4 Å². The zero-order chi connectivity index (χ0) is 16.3. The Morgan fingerprint density at radius 3 is 2.75 bits per heavy atom. The molecule has 2 aliphatic rings. The maximum Gasteiger partial charge on any atom is 0.230 e. The summed E-state index contributed by atoms with van der Waals surface area (Å²) < 4.78 is 3.64. The molecule has 1 atom stereocenters. The standard InChI is InChI=1S/C18H19N5O/c1-21-10-14(9-20-21)13-8-17-16(4-6-19-23(17)11-13)22-7-5-15(18(22)24)12-2-3-12/h4,6,8-12,15H,2-3,5,7H2,1H3. The maximum atomic E-state index is 12.8. The van der Waals surface area contributed by atoms with Crippen LogP contribution in [0.2, 0.25) is 0 Å². The number of fused-ring (bicyclic) bond motifs is 1. The molecule has 0 aromatic carbocycles. The second kappa shape index (κ2) is 4.93. The van der Waals surface area contributed by atoms with Crippen LogP contribution >= 0.6 is 0 Å². The summed E-state index contributed by atoms with van der Waals surface area (Å²) in [7, 11) is 1.91. The fourth-order valence-electron chi connectivity index (χ4n) is 3.83. The van der Waals surface area contributed by atoms with Crippen molar-refractivity contribution in [1.29, 1.82) is 0 Å². The second-order valence-corrected chi connectivity index (χ2v) is 6.90. The van der Waals surface area contributed by atoms with E-state index in [1.165, 1.54) is 12.8 Å². The Kier molecular flexibility index (Phi) is 2.83. The van der Waals surface area contributed by atoms with Gasteiger partial charge in [-0.15, -0.1) is 0 Å². The van der Waals surface area contributed by atoms with Crippen LogP contribution in [-0.4, -0.2) is 31.8 Å². The lowest BCUT2D eigenvalue weighted by Gasteiger charge is -2.17. The van der Waals surface area contributed by atoms with Gasteiger partial charge in [0.2, 0.25) is 5.91 Å². The average molecular weight is 321 g/mol. The van der Waals surface area contributed by atoms with Crippen molar-refractivity contribution in [2.24, 2.45) is 18.9 Å². The molecule has 0 radical (unpaired) electrons. The zero-order valence-electron chi connectivity index (χ0n) is 13.6. The summed E-state index contributed by atoms with van der Waals surface area (Å²) in [4.78, 5) is 14.7. The highest BCUT2D eigenvalue weighted by Crippen LogP contribution is 2.43. The van der Waals surface area contributed by atoms with Crippen LogP contribution in [0, 0.1) is 11.8 Å². The van der Waals surface area contributed by atoms with Crippen molar-refractivity contribution in [3.8, 4) is 11.1 Å². The molecule has 6 nitrogen and oxygen atoms in total. The summed E-state index contributed by atoms with van der Waals surface area (Å²) in [5, 5.41) is 8.64. The summed E-state index contributed by atoms with van der Waals surface area (Å²) in [6, 6.07) is 4.05. The first-order valence-corrected chi connectivity index (χ1v) is 8.48. The van der Waals surface area contributed by atoms with Gasteiger partial charge in [0.05, 0.1) is 17.4 Å². The van der Waals surface area contributed by atoms with Crippen LogP contribution < -0.4 is 4.90 Å². The van der Waals surface area contributed by atoms with E-state index in [9.17, 15) is 4.79 Å². The molecule has 0 bridgehead atoms. The molecule has 1 aliphatic heterocycles. The highest BCUT2D eigenvalue weighted by atomic mass is 16.2. The molecule has 1 aliphatic carbocycles. The zero-order valence-corrected chi connectivity index (χ0v) is 13.6. The van der Waals surface area contributed by atoms with Crippen LogP contribution in [0.5, 0.6) is 0 Å². The Hall–Kier alpha value is -2.63. The molecule has 4 heterocycles. The van der Waals surface area contributed by atoms with E-state index in [4.69, 9.17) is 0 Å². The van der Waals surface area contributed by atoms with Gasteiger partial charge < -0.3 is 4.90 Å². The number of anilines is 1. The van der Waals surface area contributed by atoms with E-state index in [0.717, 1.165) is 35.3 Å². The van der Waals surface area contributed by atoms with E-state index in [1.54, 1.807) is 10.9 Å². The number of aryl methyl sites for hydroxylation is 1. The molecular weight excluding hydrogens is 302 g/mol. The van der Waals surface area contributed by atoms with E-state index in [0.29, 0.717) is 5.92 Å². The van der Waals surface area contributed by atoms with Gasteiger partial charge >= 0.3 is 0 Å². The quantitative estimate of drug-likeness (QED) is 0.745. The first kappa shape index (κ1) is 13.8. The smallest absolute Gasteiger partial charge is 0.230 e. The summed E-state index contributed by atoms with van der Waals surface area (Å²) >= 11 is 0. The van der Waals surface area contributed by atoms with Gasteiger partial charge in [-0.3, -0.25) is 9.48 Å². The Bertz CT molecular complexity index is 936. The first-order chi connectivity index (χ1) is 11.7. The fourth-order valence-corrected chi connectivity index (χ4v) is 3.83. The van der Waals surface area contributed by atoms with E-state index >= 15 is 0 Å². The molecule has 24 heavy (non-hydrogen) atoms. The number of carbonyl (C=O) groups excluding carboxylic acids is 1. The van der Waals surface area contributed by atoms with E-state index < -0.39 is 0 Å². The Balaban J connectivity index is 1.56. The van der Waals surface area contributed by atoms with Crippen molar-refractivity contribution in [3.63, 3.8) is 0 Å². The van der Waals surface area contributed by atoms with Crippen molar-refractivity contribution in [2.75, 3.05) is 11.4 Å². The van der Waals surface area contributed by atoms with Gasteiger partial charge in [-0.05, 0) is 37.3 Å². The molecule has 1 amide bonds. The van der Waals surface area contributed by atoms with Gasteiger partial charge in [0.25, 0.3) is 0 Å². The molecular formula is C18H19N5O. The van der Waals surface area contributed by atoms with Gasteiger partial charge in [0.1, 0.15) is 0 Å². The topological polar surface area (TPSA) is 55.4 Å². The highest BCUT2D eigenvalue weighted by Gasteiger charge is 2.42. The Morgan fingerprint density at radius 1 is 1.12 bits per heavy atom. The predicted molar refractivity (Wildman–Crippen MR) is 90.6 cm³/mol. The number of aromatic nitrogens is 4. The van der Waals surface area contributed by atoms with Gasteiger partial charge in [-0.1, -0.05) is 0 Å². The summed E-state index contributed by atoms with van der Waals surface area (Å²) in [6.07, 6.45) is 11.0. The number of hydrogen-bond acceptors (Lipinski definition) is 3. The Labute approximate surface area is 139 Å². The minimum atomic E-state index is 0.228. The second-order valence-electron chi connectivity index (χ2n) is 6.90. The van der Waals surface area contributed by atoms with Crippen LogP contribution in [0.1, 0.15) is 19.3 Å². The van der Waals surface area contributed by atoms with Gasteiger partial charge in [0.15, 0.2) is 0 Å². The average Bonchev–Trinajstić information content (AvgIpc) is 3.00. The van der Waals surface area contributed by atoms with Gasteiger partial charge in [-0.25, -0.2) is 4.52 Å². The molecule has 1 saturated carbocycles. The van der Waals surface area contributed by atoms with Gasteiger partial charge in [0, 0.05) is 49.2 Å². The number of hydrogen-bond donors (Lipinski definition) is 0. The minimum Gasteiger partial charge on any atom is -0.310 e. The van der Waals surface area contributed by atoms with Crippen LogP contribution in [0.4, 0.5) is 5.69 Å². The number of nitrogens with zero attached hydrogens (tertiary/aromatic N) is 5. The van der Waals surface area contributed by atoms with Crippen LogP contribution in [0.15, 0.2) is 36.9 Å². The minimum absolute atomic E-state index is 0.228. The largest absolute Gasteiger partial charge is 0.310 e. The highest BCUT2D eigenvalue weighted by molar-refractivity contribution is 6.01. The lowest BCUT2D eigenvalue weighted by Crippen LogP contribution is -2.28. The SMILES string of the molecule is Cn1cc(-c2cc3c(N4CCC(C5CC5)C4=O)ccnn3c2)cn1. The number of rotatable bonds is 3. The summed E-state index contributed by atoms with van der Waals surface area (Å²) in [6.45, 7) is 0.813. The number of amides is 1. The van der Waals surface area contributed by atoms with Crippen molar-refractivity contribution >= 4 is 17.1 Å². The molecule has 0 spiro atoms. The third-order valence-electron chi connectivity index (χ3n) is 5.25. The molecule has 1 saturated heterocycles. The monoisotopic (exact) mass is 321 g/mol. The molecule has 2 fully saturated rings. The van der Waals surface area contributed by atoms with Crippen molar-refractivity contribution in [2.45, 2.75) is 19.3 Å². The normalized spacial score (nSPS) is 21.1. The molecule has 1 unspecified atom stereocenters. The van der Waals surface area contributed by atoms with Crippen LogP contribution in [0.3, 0.4) is 0 Å². The third kappa shape index (κ3) is 2.06. The summed E-state index contributed by atoms with van der Waals surface area (Å²) in [5.41, 5.74) is 4.06. The lowest BCUT2D eigenvalue weighted by atomic mass is 10.0. The van der Waals surface area contributed by atoms with Gasteiger partial charge in [-0.2, -0.15) is 10.2 Å². The van der Waals surface area contributed by atoms with Crippen LogP contribution in [-0.2, 0) is 11.8 Å². The Morgan fingerprint density at radius 2 is 2.00 bits per heavy atom. The van der Waals surface area contributed by atoms with E-state index in [-0.39, 0.29) is 11.8 Å². The van der Waals surface area contributed by atoms with E-state index in [2.05, 4.69) is 16.3 Å². The summed E-state index contributed by atoms with van der Waals surface area (Å²) in [5.74, 6) is 1.14. The first-order valence-electron chi connectivity index (χ1n) is 8.48. The van der Waals surface area contributed by atoms with Crippen LogP contribution in [0.25, 0.3) is 16.6 Å². The maximum absolute atomic E-state index is 12.8. The lowest BCUT2D eigenvalue weighted by molar-refractivity contribution is -0.120. The predicted octanol–water partition coefficient (Wildman–Crippen LogP) is 2.50. The molecule has 122 valence electrons.